The maximum Gasteiger partial charge on any atom is 0.130 e. The summed E-state index contributed by atoms with van der Waals surface area (Å²) >= 11 is 0. The van der Waals surface area contributed by atoms with Crippen LogP contribution in [0.25, 0.3) is 11.1 Å². The first-order valence-corrected chi connectivity index (χ1v) is 13.1. The largest absolute Gasteiger partial charge is 0.457 e. The van der Waals surface area contributed by atoms with Gasteiger partial charge in [-0.25, -0.2) is 0 Å². The van der Waals surface area contributed by atoms with E-state index in [9.17, 15) is 0 Å². The summed E-state index contributed by atoms with van der Waals surface area (Å²) in [7, 11) is 4.27. The molecule has 5 heteroatoms. The van der Waals surface area contributed by atoms with E-state index < -0.39 is 0 Å². The van der Waals surface area contributed by atoms with E-state index >= 15 is 0 Å². The van der Waals surface area contributed by atoms with Crippen molar-refractivity contribution in [3.05, 3.63) is 115 Å². The van der Waals surface area contributed by atoms with Crippen molar-refractivity contribution in [3.8, 4) is 22.6 Å². The lowest BCUT2D eigenvalue weighted by molar-refractivity contribution is 0.150. The highest BCUT2D eigenvalue weighted by molar-refractivity contribution is 5.73. The Balaban J connectivity index is 1.35. The van der Waals surface area contributed by atoms with Crippen LogP contribution in [-0.2, 0) is 5.54 Å². The van der Waals surface area contributed by atoms with Crippen LogP contribution in [0.3, 0.4) is 0 Å². The summed E-state index contributed by atoms with van der Waals surface area (Å²) in [5.74, 6) is 1.64. The molecule has 2 aliphatic heterocycles. The molecule has 0 unspecified atom stereocenters. The molecule has 2 aliphatic rings. The normalized spacial score (nSPS) is 16.6. The summed E-state index contributed by atoms with van der Waals surface area (Å²) in [5, 5.41) is 0. The zero-order chi connectivity index (χ0) is 26.3. The van der Waals surface area contributed by atoms with Crippen molar-refractivity contribution in [1.82, 2.24) is 9.80 Å². The summed E-state index contributed by atoms with van der Waals surface area (Å²) in [6.07, 6.45) is 4.20. The zero-order valence-electron chi connectivity index (χ0n) is 22.5. The molecule has 0 bridgehead atoms. The molecular formula is C33H34N4O. The molecule has 0 atom stereocenters. The first-order chi connectivity index (χ1) is 18.4. The number of nitrogens with zero attached hydrogens (tertiary/aromatic N) is 4. The van der Waals surface area contributed by atoms with Gasteiger partial charge in [-0.05, 0) is 67.9 Å². The Hall–Kier alpha value is -4.22. The van der Waals surface area contributed by atoms with Crippen LogP contribution in [0.2, 0.25) is 0 Å². The molecule has 0 aliphatic carbocycles. The van der Waals surface area contributed by atoms with E-state index in [1.165, 1.54) is 16.8 Å². The van der Waals surface area contributed by atoms with Gasteiger partial charge in [0.15, 0.2) is 0 Å². The molecule has 4 aromatic rings. The minimum absolute atomic E-state index is 0.0342. The van der Waals surface area contributed by atoms with Gasteiger partial charge in [-0.2, -0.15) is 0 Å². The quantitative estimate of drug-likeness (QED) is 0.279. The highest BCUT2D eigenvalue weighted by atomic mass is 16.5. The fourth-order valence-electron chi connectivity index (χ4n) is 5.27. The van der Waals surface area contributed by atoms with Gasteiger partial charge in [-0.1, -0.05) is 54.6 Å². The molecule has 6 rings (SSSR count). The molecule has 0 radical (unpaired) electrons. The van der Waals surface area contributed by atoms with Crippen LogP contribution in [-0.4, -0.2) is 37.2 Å². The molecule has 2 heterocycles. The predicted octanol–water partition coefficient (Wildman–Crippen LogP) is 7.60. The summed E-state index contributed by atoms with van der Waals surface area (Å²) in [6, 6.07) is 34.1. The molecule has 5 nitrogen and oxygen atoms in total. The Kier molecular flexibility index (Phi) is 6.09. The first kappa shape index (κ1) is 24.1. The molecular weight excluding hydrogens is 468 g/mol. The number of para-hydroxylation sites is 1. The number of ether oxygens (including phenoxy) is 1. The topological polar surface area (TPSA) is 22.2 Å². The number of anilines is 3. The molecule has 0 amide bonds. The lowest BCUT2D eigenvalue weighted by Crippen LogP contribution is -2.49. The maximum absolute atomic E-state index is 6.55. The van der Waals surface area contributed by atoms with Gasteiger partial charge in [0.05, 0.1) is 13.3 Å². The second-order valence-electron chi connectivity index (χ2n) is 10.7. The van der Waals surface area contributed by atoms with Crippen molar-refractivity contribution in [2.24, 2.45) is 0 Å². The smallest absolute Gasteiger partial charge is 0.130 e. The Bertz CT molecular complexity index is 1480. The third-order valence-corrected chi connectivity index (χ3v) is 7.73. The van der Waals surface area contributed by atoms with Gasteiger partial charge >= 0.3 is 0 Å². The average molecular weight is 503 g/mol. The summed E-state index contributed by atoms with van der Waals surface area (Å²) in [5.41, 5.74) is 7.04. The van der Waals surface area contributed by atoms with Gasteiger partial charge < -0.3 is 19.4 Å². The van der Waals surface area contributed by atoms with Crippen molar-refractivity contribution in [2.45, 2.75) is 19.4 Å². The van der Waals surface area contributed by atoms with E-state index in [4.69, 9.17) is 4.74 Å². The van der Waals surface area contributed by atoms with Gasteiger partial charge in [0.25, 0.3) is 0 Å². The number of rotatable bonds is 5. The molecule has 0 saturated heterocycles. The van der Waals surface area contributed by atoms with Gasteiger partial charge in [-0.3, -0.25) is 4.90 Å². The number of benzene rings is 4. The molecule has 0 fully saturated rings. The minimum atomic E-state index is -0.0342. The Morgan fingerprint density at radius 1 is 0.658 bits per heavy atom. The Morgan fingerprint density at radius 3 is 2.21 bits per heavy atom. The standard InChI is InChI=1S/C33H34N4O/c1-33(2)31-15-8-9-16-32(31)37(24-35(33)4)27-13-10-14-29(21-27)38-30-20-26(25-11-6-5-7-12-25)19-28(22-30)36-18-17-34(3)23-36/h5-22H,23-24H2,1-4H3. The van der Waals surface area contributed by atoms with E-state index in [0.717, 1.165) is 41.8 Å². The highest BCUT2D eigenvalue weighted by Crippen LogP contribution is 2.43. The first-order valence-electron chi connectivity index (χ1n) is 13.1. The van der Waals surface area contributed by atoms with Crippen molar-refractivity contribution in [1.29, 1.82) is 0 Å². The number of fused-ring (bicyclic) bond motifs is 1. The van der Waals surface area contributed by atoms with E-state index in [0.29, 0.717) is 0 Å². The fourth-order valence-corrected chi connectivity index (χ4v) is 5.27. The predicted molar refractivity (Wildman–Crippen MR) is 157 cm³/mol. The molecule has 0 aromatic heterocycles. The van der Waals surface area contributed by atoms with Gasteiger partial charge in [0, 0.05) is 54.2 Å². The monoisotopic (exact) mass is 502 g/mol. The SMILES string of the molecule is CN1C=CN(c2cc(Oc3cccc(N4CN(C)C(C)(C)c5ccccc54)c3)cc(-c3ccccc3)c2)C1. The lowest BCUT2D eigenvalue weighted by Gasteiger charge is -2.47. The third kappa shape index (κ3) is 4.50. The van der Waals surface area contributed by atoms with Gasteiger partial charge in [0.2, 0.25) is 0 Å². The highest BCUT2D eigenvalue weighted by Gasteiger charge is 2.35. The molecule has 192 valence electrons. The van der Waals surface area contributed by atoms with Crippen LogP contribution in [0, 0.1) is 0 Å². The van der Waals surface area contributed by atoms with Crippen LogP contribution in [0.1, 0.15) is 19.4 Å². The van der Waals surface area contributed by atoms with E-state index in [1.54, 1.807) is 0 Å². The Labute approximate surface area is 225 Å². The second-order valence-corrected chi connectivity index (χ2v) is 10.7. The van der Waals surface area contributed by atoms with Crippen molar-refractivity contribution in [2.75, 3.05) is 37.2 Å². The maximum atomic E-state index is 6.55. The molecule has 38 heavy (non-hydrogen) atoms. The van der Waals surface area contributed by atoms with Gasteiger partial charge in [0.1, 0.15) is 11.5 Å². The fraction of sp³-hybridized carbons (Fsp3) is 0.212. The van der Waals surface area contributed by atoms with Crippen LogP contribution in [0.15, 0.2) is 109 Å². The zero-order valence-corrected chi connectivity index (χ0v) is 22.5. The Morgan fingerprint density at radius 2 is 1.42 bits per heavy atom. The van der Waals surface area contributed by atoms with Crippen molar-refractivity contribution < 1.29 is 4.74 Å². The summed E-state index contributed by atoms with van der Waals surface area (Å²) in [6.45, 7) is 6.18. The van der Waals surface area contributed by atoms with Gasteiger partial charge in [-0.15, -0.1) is 0 Å². The number of hydrogen-bond acceptors (Lipinski definition) is 5. The average Bonchev–Trinajstić information content (AvgIpc) is 3.38. The molecule has 0 N–H and O–H groups in total. The van der Waals surface area contributed by atoms with Crippen LogP contribution >= 0.6 is 0 Å². The van der Waals surface area contributed by atoms with E-state index in [2.05, 4.69) is 145 Å². The van der Waals surface area contributed by atoms with Crippen LogP contribution in [0.4, 0.5) is 17.1 Å². The second kappa shape index (κ2) is 9.58. The third-order valence-electron chi connectivity index (χ3n) is 7.73. The summed E-state index contributed by atoms with van der Waals surface area (Å²) < 4.78 is 6.55. The summed E-state index contributed by atoms with van der Waals surface area (Å²) in [4.78, 5) is 9.15. The molecule has 4 aromatic carbocycles. The molecule has 0 saturated carbocycles. The minimum Gasteiger partial charge on any atom is -0.457 e. The van der Waals surface area contributed by atoms with Crippen molar-refractivity contribution >= 4 is 17.1 Å². The van der Waals surface area contributed by atoms with Crippen LogP contribution in [0.5, 0.6) is 11.5 Å². The van der Waals surface area contributed by atoms with Crippen LogP contribution < -0.4 is 14.5 Å². The van der Waals surface area contributed by atoms with E-state index in [1.807, 2.05) is 12.1 Å². The lowest BCUT2D eigenvalue weighted by atomic mass is 9.88. The van der Waals surface area contributed by atoms with Crippen molar-refractivity contribution in [3.63, 3.8) is 0 Å². The molecule has 0 spiro atoms. The number of hydrogen-bond donors (Lipinski definition) is 0. The van der Waals surface area contributed by atoms with E-state index in [-0.39, 0.29) is 5.54 Å².